The number of rotatable bonds is 5. The lowest BCUT2D eigenvalue weighted by molar-refractivity contribution is 0.296. The minimum Gasteiger partial charge on any atom is -0.492 e. The van der Waals surface area contributed by atoms with E-state index in [0.29, 0.717) is 6.04 Å². The van der Waals surface area contributed by atoms with E-state index in [2.05, 4.69) is 28.2 Å². The van der Waals surface area contributed by atoms with Crippen molar-refractivity contribution in [2.45, 2.75) is 32.2 Å². The fourth-order valence-corrected chi connectivity index (χ4v) is 2.80. The van der Waals surface area contributed by atoms with Crippen molar-refractivity contribution in [3.8, 4) is 5.75 Å². The molecular formula is C14H20BrNO. The van der Waals surface area contributed by atoms with E-state index in [0.717, 1.165) is 29.3 Å². The standard InChI is InChI=1S/C14H20BrNO/c1-11-4-2-7-14(11)16-8-9-17-13-6-3-5-12(15)10-13/h3,5-6,10-11,14,16H,2,4,7-9H2,1H3. The molecule has 1 aliphatic rings. The fourth-order valence-electron chi connectivity index (χ4n) is 2.42. The molecule has 0 radical (unpaired) electrons. The maximum atomic E-state index is 5.69. The molecular weight excluding hydrogens is 278 g/mol. The van der Waals surface area contributed by atoms with Gasteiger partial charge in [-0.2, -0.15) is 0 Å². The minimum atomic E-state index is 0.695. The topological polar surface area (TPSA) is 21.3 Å². The second-order valence-corrected chi connectivity index (χ2v) is 5.69. The maximum Gasteiger partial charge on any atom is 0.120 e. The Morgan fingerprint density at radius 3 is 3.00 bits per heavy atom. The average Bonchev–Trinajstić information content (AvgIpc) is 2.71. The molecule has 1 N–H and O–H groups in total. The van der Waals surface area contributed by atoms with Gasteiger partial charge in [-0.05, 0) is 37.0 Å². The molecule has 0 aromatic heterocycles. The van der Waals surface area contributed by atoms with Gasteiger partial charge in [0.05, 0.1) is 0 Å². The highest BCUT2D eigenvalue weighted by molar-refractivity contribution is 9.10. The molecule has 3 heteroatoms. The molecule has 1 saturated carbocycles. The molecule has 2 unspecified atom stereocenters. The molecule has 0 saturated heterocycles. The van der Waals surface area contributed by atoms with Gasteiger partial charge in [0.2, 0.25) is 0 Å². The molecule has 94 valence electrons. The summed E-state index contributed by atoms with van der Waals surface area (Å²) in [5.41, 5.74) is 0. The van der Waals surface area contributed by atoms with Gasteiger partial charge in [-0.1, -0.05) is 35.3 Å². The molecule has 1 aliphatic carbocycles. The van der Waals surface area contributed by atoms with Crippen LogP contribution in [0.5, 0.6) is 5.75 Å². The number of nitrogens with one attached hydrogen (secondary N) is 1. The first-order chi connectivity index (χ1) is 8.25. The predicted molar refractivity (Wildman–Crippen MR) is 74.4 cm³/mol. The summed E-state index contributed by atoms with van der Waals surface area (Å²) in [5, 5.41) is 3.58. The first-order valence-corrected chi connectivity index (χ1v) is 7.17. The van der Waals surface area contributed by atoms with Gasteiger partial charge in [-0.3, -0.25) is 0 Å². The third-order valence-electron chi connectivity index (χ3n) is 3.43. The molecule has 1 aromatic carbocycles. The molecule has 0 aliphatic heterocycles. The Morgan fingerprint density at radius 2 is 2.29 bits per heavy atom. The summed E-state index contributed by atoms with van der Waals surface area (Å²) in [5.74, 6) is 1.75. The zero-order valence-corrected chi connectivity index (χ0v) is 11.9. The monoisotopic (exact) mass is 297 g/mol. The summed E-state index contributed by atoms with van der Waals surface area (Å²) >= 11 is 3.44. The molecule has 2 nitrogen and oxygen atoms in total. The van der Waals surface area contributed by atoms with Crippen molar-refractivity contribution in [1.82, 2.24) is 5.32 Å². The molecule has 1 fully saturated rings. The van der Waals surface area contributed by atoms with Crippen LogP contribution in [0.3, 0.4) is 0 Å². The molecule has 17 heavy (non-hydrogen) atoms. The van der Waals surface area contributed by atoms with Crippen molar-refractivity contribution in [3.05, 3.63) is 28.7 Å². The average molecular weight is 298 g/mol. The largest absolute Gasteiger partial charge is 0.492 e. The van der Waals surface area contributed by atoms with Crippen molar-refractivity contribution < 1.29 is 4.74 Å². The van der Waals surface area contributed by atoms with Crippen LogP contribution in [0.2, 0.25) is 0 Å². The Hall–Kier alpha value is -0.540. The van der Waals surface area contributed by atoms with Crippen LogP contribution in [0.25, 0.3) is 0 Å². The van der Waals surface area contributed by atoms with E-state index in [1.54, 1.807) is 0 Å². The van der Waals surface area contributed by atoms with Crippen molar-refractivity contribution >= 4 is 15.9 Å². The predicted octanol–water partition coefficient (Wildman–Crippen LogP) is 3.61. The van der Waals surface area contributed by atoms with Crippen molar-refractivity contribution in [2.24, 2.45) is 5.92 Å². The number of halogens is 1. The number of benzene rings is 1. The number of hydrogen-bond donors (Lipinski definition) is 1. The van der Waals surface area contributed by atoms with Crippen molar-refractivity contribution in [1.29, 1.82) is 0 Å². The van der Waals surface area contributed by atoms with Gasteiger partial charge in [0.1, 0.15) is 12.4 Å². The van der Waals surface area contributed by atoms with Crippen LogP contribution in [0, 0.1) is 5.92 Å². The van der Waals surface area contributed by atoms with E-state index in [1.807, 2.05) is 24.3 Å². The Kier molecular flexibility index (Phi) is 4.86. The lowest BCUT2D eigenvalue weighted by Crippen LogP contribution is -2.34. The zero-order valence-electron chi connectivity index (χ0n) is 10.3. The van der Waals surface area contributed by atoms with Gasteiger partial charge in [0.15, 0.2) is 0 Å². The fraction of sp³-hybridized carbons (Fsp3) is 0.571. The van der Waals surface area contributed by atoms with Crippen LogP contribution in [-0.4, -0.2) is 19.2 Å². The summed E-state index contributed by atoms with van der Waals surface area (Å²) in [6.45, 7) is 4.00. The summed E-state index contributed by atoms with van der Waals surface area (Å²) in [4.78, 5) is 0. The number of ether oxygens (including phenoxy) is 1. The summed E-state index contributed by atoms with van der Waals surface area (Å²) in [7, 11) is 0. The Balaban J connectivity index is 1.66. The smallest absolute Gasteiger partial charge is 0.120 e. The van der Waals surface area contributed by atoms with E-state index in [1.165, 1.54) is 19.3 Å². The van der Waals surface area contributed by atoms with Crippen molar-refractivity contribution in [3.63, 3.8) is 0 Å². The van der Waals surface area contributed by atoms with Crippen LogP contribution in [-0.2, 0) is 0 Å². The quantitative estimate of drug-likeness (QED) is 0.839. The molecule has 1 aromatic rings. The highest BCUT2D eigenvalue weighted by Crippen LogP contribution is 2.24. The third kappa shape index (κ3) is 4.00. The van der Waals surface area contributed by atoms with Gasteiger partial charge >= 0.3 is 0 Å². The summed E-state index contributed by atoms with van der Waals surface area (Å²) in [6, 6.07) is 8.68. The minimum absolute atomic E-state index is 0.695. The highest BCUT2D eigenvalue weighted by atomic mass is 79.9. The van der Waals surface area contributed by atoms with Crippen LogP contribution in [0.4, 0.5) is 0 Å². The highest BCUT2D eigenvalue weighted by Gasteiger charge is 2.22. The van der Waals surface area contributed by atoms with Gasteiger partial charge in [0.25, 0.3) is 0 Å². The molecule has 0 spiro atoms. The maximum absolute atomic E-state index is 5.69. The normalized spacial score (nSPS) is 23.9. The molecule has 0 amide bonds. The molecule has 0 heterocycles. The van der Waals surface area contributed by atoms with E-state index >= 15 is 0 Å². The van der Waals surface area contributed by atoms with Crippen LogP contribution < -0.4 is 10.1 Å². The van der Waals surface area contributed by atoms with Gasteiger partial charge in [0, 0.05) is 17.1 Å². The Morgan fingerprint density at radius 1 is 1.41 bits per heavy atom. The van der Waals surface area contributed by atoms with Crippen LogP contribution in [0.1, 0.15) is 26.2 Å². The van der Waals surface area contributed by atoms with Gasteiger partial charge in [-0.25, -0.2) is 0 Å². The SMILES string of the molecule is CC1CCCC1NCCOc1cccc(Br)c1. The van der Waals surface area contributed by atoms with E-state index in [-0.39, 0.29) is 0 Å². The zero-order chi connectivity index (χ0) is 12.1. The second kappa shape index (κ2) is 6.41. The summed E-state index contributed by atoms with van der Waals surface area (Å²) < 4.78 is 6.75. The molecule has 2 rings (SSSR count). The molecule has 2 atom stereocenters. The lowest BCUT2D eigenvalue weighted by atomic mass is 10.1. The Bertz CT molecular complexity index is 356. The second-order valence-electron chi connectivity index (χ2n) is 4.77. The lowest BCUT2D eigenvalue weighted by Gasteiger charge is -2.17. The van der Waals surface area contributed by atoms with Gasteiger partial charge < -0.3 is 10.1 Å². The van der Waals surface area contributed by atoms with E-state index < -0.39 is 0 Å². The van der Waals surface area contributed by atoms with Crippen molar-refractivity contribution in [2.75, 3.05) is 13.2 Å². The Labute approximate surface area is 112 Å². The van der Waals surface area contributed by atoms with Crippen LogP contribution in [0.15, 0.2) is 28.7 Å². The first-order valence-electron chi connectivity index (χ1n) is 6.37. The van der Waals surface area contributed by atoms with Gasteiger partial charge in [-0.15, -0.1) is 0 Å². The first kappa shape index (κ1) is 12.9. The van der Waals surface area contributed by atoms with E-state index in [4.69, 9.17) is 4.74 Å². The third-order valence-corrected chi connectivity index (χ3v) is 3.93. The van der Waals surface area contributed by atoms with Crippen LogP contribution >= 0.6 is 15.9 Å². The molecule has 0 bridgehead atoms. The number of hydrogen-bond acceptors (Lipinski definition) is 2. The van der Waals surface area contributed by atoms with E-state index in [9.17, 15) is 0 Å². The summed E-state index contributed by atoms with van der Waals surface area (Å²) in [6.07, 6.45) is 4.05.